The maximum absolute atomic E-state index is 11.3. The Balaban J connectivity index is 2.68. The molecular weight excluding hydrogens is 196 g/mol. The van der Waals surface area contributed by atoms with Crippen molar-refractivity contribution in [2.24, 2.45) is 5.92 Å². The van der Waals surface area contributed by atoms with Crippen LogP contribution in [0.1, 0.15) is 26.2 Å². The van der Waals surface area contributed by atoms with Crippen LogP contribution in [0.25, 0.3) is 0 Å². The Labute approximate surface area is 89.2 Å². The van der Waals surface area contributed by atoms with Gasteiger partial charge in [-0.25, -0.2) is 0 Å². The van der Waals surface area contributed by atoms with E-state index in [4.69, 9.17) is 0 Å². The third kappa shape index (κ3) is 3.08. The summed E-state index contributed by atoms with van der Waals surface area (Å²) in [5, 5.41) is 0. The first kappa shape index (κ1) is 11.8. The Hall–Kier alpha value is -1.32. The normalized spacial score (nSPS) is 13.7. The summed E-state index contributed by atoms with van der Waals surface area (Å²) in [6, 6.07) is 0. The van der Waals surface area contributed by atoms with Gasteiger partial charge in [0, 0.05) is 0 Å². The second-order valence-corrected chi connectivity index (χ2v) is 3.69. The lowest BCUT2D eigenvalue weighted by molar-refractivity contribution is -0.158. The molecule has 0 bridgehead atoms. The first-order valence-electron chi connectivity index (χ1n) is 4.93. The van der Waals surface area contributed by atoms with Gasteiger partial charge in [0.15, 0.2) is 5.92 Å². The molecule has 4 heteroatoms. The molecular formula is C11H16O4. The van der Waals surface area contributed by atoms with Crippen molar-refractivity contribution in [1.29, 1.82) is 0 Å². The van der Waals surface area contributed by atoms with Gasteiger partial charge in [0.25, 0.3) is 0 Å². The number of esters is 2. The Morgan fingerprint density at radius 3 is 2.00 bits per heavy atom. The molecule has 84 valence electrons. The van der Waals surface area contributed by atoms with Crippen molar-refractivity contribution in [2.45, 2.75) is 26.2 Å². The first-order valence-corrected chi connectivity index (χ1v) is 4.93. The highest BCUT2D eigenvalue weighted by Gasteiger charge is 2.30. The van der Waals surface area contributed by atoms with Crippen LogP contribution in [0.3, 0.4) is 0 Å². The van der Waals surface area contributed by atoms with Crippen LogP contribution >= 0.6 is 0 Å². The molecule has 0 atom stereocenters. The number of allylic oxidation sites excluding steroid dienone is 2. The maximum atomic E-state index is 11.3. The number of carbonyl (C=O) groups is 2. The largest absolute Gasteiger partial charge is 0.468 e. The van der Waals surface area contributed by atoms with E-state index in [2.05, 4.69) is 9.47 Å². The summed E-state index contributed by atoms with van der Waals surface area (Å²) in [6.07, 6.45) is 2.58. The fourth-order valence-corrected chi connectivity index (χ4v) is 1.49. The van der Waals surface area contributed by atoms with Gasteiger partial charge in [0.1, 0.15) is 0 Å². The number of ether oxygens (including phenoxy) is 2. The van der Waals surface area contributed by atoms with Crippen molar-refractivity contribution in [1.82, 2.24) is 0 Å². The van der Waals surface area contributed by atoms with Gasteiger partial charge in [-0.3, -0.25) is 9.59 Å². The Morgan fingerprint density at radius 2 is 1.67 bits per heavy atom. The molecule has 4 nitrogen and oxygen atoms in total. The molecule has 0 spiro atoms. The van der Waals surface area contributed by atoms with Crippen LogP contribution in [-0.4, -0.2) is 26.2 Å². The fourth-order valence-electron chi connectivity index (χ4n) is 1.49. The highest BCUT2D eigenvalue weighted by Crippen LogP contribution is 2.34. The highest BCUT2D eigenvalue weighted by atomic mass is 16.5. The lowest BCUT2D eigenvalue weighted by Gasteiger charge is -2.12. The molecule has 0 unspecified atom stereocenters. The lowest BCUT2D eigenvalue weighted by Crippen LogP contribution is -2.26. The number of carbonyl (C=O) groups excluding carboxylic acids is 2. The van der Waals surface area contributed by atoms with Crippen LogP contribution in [0, 0.1) is 5.92 Å². The first-order chi connectivity index (χ1) is 7.10. The van der Waals surface area contributed by atoms with Crippen LogP contribution in [-0.2, 0) is 19.1 Å². The molecule has 0 aromatic carbocycles. The number of rotatable bonds is 4. The van der Waals surface area contributed by atoms with E-state index in [-0.39, 0.29) is 0 Å². The third-order valence-corrected chi connectivity index (χ3v) is 2.59. The summed E-state index contributed by atoms with van der Waals surface area (Å²) in [6.45, 7) is 1.95. The van der Waals surface area contributed by atoms with Crippen molar-refractivity contribution in [3.63, 3.8) is 0 Å². The highest BCUT2D eigenvalue weighted by molar-refractivity contribution is 5.95. The summed E-state index contributed by atoms with van der Waals surface area (Å²) in [4.78, 5) is 22.7. The van der Waals surface area contributed by atoms with Gasteiger partial charge in [-0.1, -0.05) is 11.1 Å². The summed E-state index contributed by atoms with van der Waals surface area (Å²) in [5.74, 6) is -1.86. The smallest absolute Gasteiger partial charge is 0.320 e. The Bertz CT molecular complexity index is 282. The molecule has 0 N–H and O–H groups in total. The predicted molar refractivity (Wildman–Crippen MR) is 54.1 cm³/mol. The van der Waals surface area contributed by atoms with Crippen LogP contribution < -0.4 is 0 Å². The van der Waals surface area contributed by atoms with E-state index in [0.717, 1.165) is 18.4 Å². The zero-order valence-electron chi connectivity index (χ0n) is 9.33. The SMILES string of the molecule is COC(=O)C(CC(C)=C1CC1)C(=O)OC. The van der Waals surface area contributed by atoms with Crippen LogP contribution in [0.2, 0.25) is 0 Å². The molecule has 0 aromatic heterocycles. The molecule has 0 saturated heterocycles. The zero-order chi connectivity index (χ0) is 11.4. The minimum absolute atomic E-state index is 0.411. The van der Waals surface area contributed by atoms with Gasteiger partial charge in [0.2, 0.25) is 0 Å². The van der Waals surface area contributed by atoms with Crippen molar-refractivity contribution in [3.8, 4) is 0 Å². The van der Waals surface area contributed by atoms with Gasteiger partial charge in [0.05, 0.1) is 14.2 Å². The minimum Gasteiger partial charge on any atom is -0.468 e. The molecule has 0 aliphatic heterocycles. The van der Waals surface area contributed by atoms with Crippen molar-refractivity contribution in [2.75, 3.05) is 14.2 Å². The van der Waals surface area contributed by atoms with E-state index < -0.39 is 17.9 Å². The maximum Gasteiger partial charge on any atom is 0.320 e. The fraction of sp³-hybridized carbons (Fsp3) is 0.636. The van der Waals surface area contributed by atoms with Crippen molar-refractivity contribution >= 4 is 11.9 Å². The van der Waals surface area contributed by atoms with Gasteiger partial charge in [-0.2, -0.15) is 0 Å². The summed E-state index contributed by atoms with van der Waals surface area (Å²) in [5.41, 5.74) is 2.45. The van der Waals surface area contributed by atoms with Crippen LogP contribution in [0.4, 0.5) is 0 Å². The van der Waals surface area contributed by atoms with Gasteiger partial charge in [-0.15, -0.1) is 0 Å². The van der Waals surface area contributed by atoms with Crippen molar-refractivity contribution < 1.29 is 19.1 Å². The Kier molecular flexibility index (Phi) is 3.88. The number of hydrogen-bond acceptors (Lipinski definition) is 4. The van der Waals surface area contributed by atoms with Crippen LogP contribution in [0.15, 0.2) is 11.1 Å². The molecule has 1 aliphatic rings. The summed E-state index contributed by atoms with van der Waals surface area (Å²) in [7, 11) is 2.55. The van der Waals surface area contributed by atoms with E-state index >= 15 is 0 Å². The van der Waals surface area contributed by atoms with E-state index in [1.165, 1.54) is 19.8 Å². The molecule has 0 aromatic rings. The molecule has 0 heterocycles. The second-order valence-electron chi connectivity index (χ2n) is 3.69. The molecule has 1 rings (SSSR count). The topological polar surface area (TPSA) is 52.6 Å². The lowest BCUT2D eigenvalue weighted by atomic mass is 10.00. The van der Waals surface area contributed by atoms with E-state index in [1.54, 1.807) is 0 Å². The second kappa shape index (κ2) is 4.96. The average molecular weight is 212 g/mol. The van der Waals surface area contributed by atoms with Gasteiger partial charge >= 0.3 is 11.9 Å². The summed E-state index contributed by atoms with van der Waals surface area (Å²) < 4.78 is 9.15. The van der Waals surface area contributed by atoms with E-state index in [1.807, 2.05) is 6.92 Å². The number of hydrogen-bond donors (Lipinski definition) is 0. The van der Waals surface area contributed by atoms with E-state index in [9.17, 15) is 9.59 Å². The quantitative estimate of drug-likeness (QED) is 0.402. The van der Waals surface area contributed by atoms with E-state index in [0.29, 0.717) is 6.42 Å². The minimum atomic E-state index is -0.812. The molecule has 15 heavy (non-hydrogen) atoms. The molecule has 0 radical (unpaired) electrons. The van der Waals surface area contributed by atoms with Crippen molar-refractivity contribution in [3.05, 3.63) is 11.1 Å². The summed E-state index contributed by atoms with van der Waals surface area (Å²) >= 11 is 0. The average Bonchev–Trinajstić information content (AvgIpc) is 3.07. The van der Waals surface area contributed by atoms with Crippen LogP contribution in [0.5, 0.6) is 0 Å². The predicted octanol–water partition coefficient (Wildman–Crippen LogP) is 1.45. The molecule has 0 amide bonds. The van der Waals surface area contributed by atoms with Gasteiger partial charge in [-0.05, 0) is 26.2 Å². The third-order valence-electron chi connectivity index (χ3n) is 2.59. The zero-order valence-corrected chi connectivity index (χ0v) is 9.33. The van der Waals surface area contributed by atoms with Gasteiger partial charge < -0.3 is 9.47 Å². The molecule has 1 saturated carbocycles. The molecule has 1 fully saturated rings. The molecule has 1 aliphatic carbocycles. The number of methoxy groups -OCH3 is 2. The Morgan fingerprint density at radius 1 is 1.20 bits per heavy atom. The standard InChI is InChI=1S/C11H16O4/c1-7(8-4-5-8)6-9(10(12)14-2)11(13)15-3/h9H,4-6H2,1-3H3. The monoisotopic (exact) mass is 212 g/mol.